The summed E-state index contributed by atoms with van der Waals surface area (Å²) in [5.74, 6) is 0.312. The number of hydrogen-bond acceptors (Lipinski definition) is 4. The molecule has 2 aromatic rings. The molecule has 5 nitrogen and oxygen atoms in total. The Balaban J connectivity index is 1.57. The van der Waals surface area contributed by atoms with Crippen LogP contribution in [0.3, 0.4) is 0 Å². The van der Waals surface area contributed by atoms with E-state index in [2.05, 4.69) is 10.2 Å². The maximum atomic E-state index is 12.6. The number of halogens is 1. The lowest BCUT2D eigenvalue weighted by Crippen LogP contribution is -2.52. The van der Waals surface area contributed by atoms with Gasteiger partial charge in [-0.1, -0.05) is 29.8 Å². The number of piperazine rings is 1. The zero-order chi connectivity index (χ0) is 19.2. The van der Waals surface area contributed by atoms with Crippen molar-refractivity contribution >= 4 is 40.5 Å². The topological polar surface area (TPSA) is 44.8 Å². The number of amides is 1. The number of rotatable bonds is 4. The molecule has 0 unspecified atom stereocenters. The molecule has 1 amide bonds. The van der Waals surface area contributed by atoms with Crippen molar-refractivity contribution in [2.75, 3.05) is 37.7 Å². The van der Waals surface area contributed by atoms with Crippen LogP contribution in [0.2, 0.25) is 5.02 Å². The number of anilines is 1. The number of hydrogen-bond donors (Lipinski definition) is 1. The first kappa shape index (κ1) is 19.5. The highest BCUT2D eigenvalue weighted by atomic mass is 35.5. The van der Waals surface area contributed by atoms with E-state index in [0.29, 0.717) is 23.0 Å². The molecule has 0 spiro atoms. The third-order valence-corrected chi connectivity index (χ3v) is 4.99. The van der Waals surface area contributed by atoms with E-state index in [0.717, 1.165) is 36.9 Å². The van der Waals surface area contributed by atoms with Crippen molar-refractivity contribution in [2.24, 2.45) is 0 Å². The molecule has 0 atom stereocenters. The Kier molecular flexibility index (Phi) is 6.53. The van der Waals surface area contributed by atoms with E-state index in [-0.39, 0.29) is 5.91 Å². The molecule has 7 heteroatoms. The van der Waals surface area contributed by atoms with Gasteiger partial charge in [-0.15, -0.1) is 0 Å². The van der Waals surface area contributed by atoms with Gasteiger partial charge in [0.15, 0.2) is 5.11 Å². The summed E-state index contributed by atoms with van der Waals surface area (Å²) < 4.78 is 5.52. The van der Waals surface area contributed by atoms with Crippen molar-refractivity contribution in [3.05, 3.63) is 59.1 Å². The molecular weight excluding hydrogens is 382 g/mol. The van der Waals surface area contributed by atoms with Crippen LogP contribution in [0, 0.1) is 0 Å². The normalized spacial score (nSPS) is 14.0. The predicted molar refractivity (Wildman–Crippen MR) is 113 cm³/mol. The minimum absolute atomic E-state index is 0.249. The van der Waals surface area contributed by atoms with Crippen LogP contribution in [-0.2, 0) is 0 Å². The lowest BCUT2D eigenvalue weighted by molar-refractivity contribution is 0.0969. The highest BCUT2D eigenvalue weighted by molar-refractivity contribution is 7.80. The minimum atomic E-state index is -0.249. The third-order valence-electron chi connectivity index (χ3n) is 4.39. The zero-order valence-electron chi connectivity index (χ0n) is 15.2. The van der Waals surface area contributed by atoms with E-state index in [1.54, 1.807) is 12.1 Å². The molecule has 1 aliphatic rings. The molecule has 0 radical (unpaired) electrons. The van der Waals surface area contributed by atoms with Crippen LogP contribution in [0.5, 0.6) is 5.75 Å². The van der Waals surface area contributed by atoms with Crippen molar-refractivity contribution < 1.29 is 9.53 Å². The zero-order valence-corrected chi connectivity index (χ0v) is 16.7. The molecule has 1 heterocycles. The van der Waals surface area contributed by atoms with E-state index < -0.39 is 0 Å². The summed E-state index contributed by atoms with van der Waals surface area (Å²) in [6.07, 6.45) is 0. The Morgan fingerprint density at radius 3 is 2.59 bits per heavy atom. The lowest BCUT2D eigenvalue weighted by Gasteiger charge is -2.37. The standard InChI is InChI=1S/C20H22ClN3O2S/c1-2-26-18-9-4-3-8-17(18)19(25)22-20(27)24-12-10-23(11-13-24)16-7-5-6-15(21)14-16/h3-9,14H,2,10-13H2,1H3,(H,22,25,27). The van der Waals surface area contributed by atoms with E-state index in [9.17, 15) is 4.79 Å². The monoisotopic (exact) mass is 403 g/mol. The Bertz CT molecular complexity index is 822. The van der Waals surface area contributed by atoms with Gasteiger partial charge in [0.1, 0.15) is 5.75 Å². The van der Waals surface area contributed by atoms with Gasteiger partial charge in [0.2, 0.25) is 0 Å². The molecule has 0 saturated carbocycles. The Morgan fingerprint density at radius 1 is 1.15 bits per heavy atom. The Hall–Kier alpha value is -2.31. The van der Waals surface area contributed by atoms with Gasteiger partial charge in [0, 0.05) is 36.9 Å². The van der Waals surface area contributed by atoms with Gasteiger partial charge in [-0.05, 0) is 49.5 Å². The first-order chi connectivity index (χ1) is 13.1. The molecule has 1 aliphatic heterocycles. The smallest absolute Gasteiger partial charge is 0.261 e. The summed E-state index contributed by atoms with van der Waals surface area (Å²) >= 11 is 11.5. The number of para-hydroxylation sites is 1. The van der Waals surface area contributed by atoms with Gasteiger partial charge in [0.05, 0.1) is 12.2 Å². The van der Waals surface area contributed by atoms with Gasteiger partial charge >= 0.3 is 0 Å². The second kappa shape index (κ2) is 9.06. The highest BCUT2D eigenvalue weighted by Crippen LogP contribution is 2.21. The van der Waals surface area contributed by atoms with E-state index in [1.807, 2.05) is 48.2 Å². The largest absolute Gasteiger partial charge is 0.493 e. The molecule has 0 aliphatic carbocycles. The van der Waals surface area contributed by atoms with Crippen LogP contribution in [0.4, 0.5) is 5.69 Å². The SMILES string of the molecule is CCOc1ccccc1C(=O)NC(=S)N1CCN(c2cccc(Cl)c2)CC1. The number of carbonyl (C=O) groups excluding carboxylic acids is 1. The molecule has 1 saturated heterocycles. The van der Waals surface area contributed by atoms with Crippen molar-refractivity contribution in [1.82, 2.24) is 10.2 Å². The molecule has 142 valence electrons. The van der Waals surface area contributed by atoms with Crippen molar-refractivity contribution in [1.29, 1.82) is 0 Å². The maximum Gasteiger partial charge on any atom is 0.261 e. The van der Waals surface area contributed by atoms with E-state index in [1.165, 1.54) is 0 Å². The molecule has 27 heavy (non-hydrogen) atoms. The molecule has 0 bridgehead atoms. The van der Waals surface area contributed by atoms with E-state index >= 15 is 0 Å². The highest BCUT2D eigenvalue weighted by Gasteiger charge is 2.21. The molecular formula is C20H22ClN3O2S. The maximum absolute atomic E-state index is 12.6. The second-order valence-corrected chi connectivity index (χ2v) is 6.97. The van der Waals surface area contributed by atoms with E-state index in [4.69, 9.17) is 28.6 Å². The predicted octanol–water partition coefficient (Wildman–Crippen LogP) is 3.58. The van der Waals surface area contributed by atoms with Crippen LogP contribution < -0.4 is 15.0 Å². The van der Waals surface area contributed by atoms with Crippen LogP contribution in [0.25, 0.3) is 0 Å². The Labute approximate surface area is 169 Å². The van der Waals surface area contributed by atoms with Gasteiger partial charge in [-0.2, -0.15) is 0 Å². The summed E-state index contributed by atoms with van der Waals surface area (Å²) in [5.41, 5.74) is 1.59. The Morgan fingerprint density at radius 2 is 1.89 bits per heavy atom. The van der Waals surface area contributed by atoms with Gasteiger partial charge in [-0.25, -0.2) is 0 Å². The number of carbonyl (C=O) groups is 1. The second-order valence-electron chi connectivity index (χ2n) is 6.14. The van der Waals surface area contributed by atoms with Gasteiger partial charge < -0.3 is 14.5 Å². The first-order valence-electron chi connectivity index (χ1n) is 8.91. The minimum Gasteiger partial charge on any atom is -0.493 e. The molecule has 0 aromatic heterocycles. The van der Waals surface area contributed by atoms with Gasteiger partial charge in [-0.3, -0.25) is 10.1 Å². The number of benzene rings is 2. The fraction of sp³-hybridized carbons (Fsp3) is 0.300. The molecule has 2 aromatic carbocycles. The fourth-order valence-electron chi connectivity index (χ4n) is 3.02. The van der Waals surface area contributed by atoms with Crippen LogP contribution in [0.15, 0.2) is 48.5 Å². The number of nitrogens with zero attached hydrogens (tertiary/aromatic N) is 2. The fourth-order valence-corrected chi connectivity index (χ4v) is 3.48. The summed E-state index contributed by atoms with van der Waals surface area (Å²) in [4.78, 5) is 16.9. The molecule has 3 rings (SSSR count). The van der Waals surface area contributed by atoms with Crippen molar-refractivity contribution in [3.8, 4) is 5.75 Å². The van der Waals surface area contributed by atoms with Crippen molar-refractivity contribution in [3.63, 3.8) is 0 Å². The quantitative estimate of drug-likeness (QED) is 0.790. The van der Waals surface area contributed by atoms with Crippen molar-refractivity contribution in [2.45, 2.75) is 6.92 Å². The lowest BCUT2D eigenvalue weighted by atomic mass is 10.2. The van der Waals surface area contributed by atoms with Crippen LogP contribution in [-0.4, -0.2) is 48.7 Å². The summed E-state index contributed by atoms with van der Waals surface area (Å²) in [6.45, 7) is 5.48. The first-order valence-corrected chi connectivity index (χ1v) is 9.69. The number of nitrogens with one attached hydrogen (secondary N) is 1. The summed E-state index contributed by atoms with van der Waals surface area (Å²) in [5, 5.41) is 4.00. The summed E-state index contributed by atoms with van der Waals surface area (Å²) in [7, 11) is 0. The molecule has 1 N–H and O–H groups in total. The summed E-state index contributed by atoms with van der Waals surface area (Å²) in [6, 6.07) is 15.0. The number of thiocarbonyl (C=S) groups is 1. The average molecular weight is 404 g/mol. The third kappa shape index (κ3) is 4.90. The van der Waals surface area contributed by atoms with Gasteiger partial charge in [0.25, 0.3) is 5.91 Å². The van der Waals surface area contributed by atoms with Crippen LogP contribution >= 0.6 is 23.8 Å². The number of ether oxygens (including phenoxy) is 1. The molecule has 1 fully saturated rings. The average Bonchev–Trinajstić information content (AvgIpc) is 2.68. The van der Waals surface area contributed by atoms with Crippen LogP contribution in [0.1, 0.15) is 17.3 Å².